The zero-order valence-corrected chi connectivity index (χ0v) is 16.1. The Kier molecular flexibility index (Phi) is 6.28. The van der Waals surface area contributed by atoms with Gasteiger partial charge in [0, 0.05) is 25.1 Å². The van der Waals surface area contributed by atoms with Crippen molar-refractivity contribution in [2.24, 2.45) is 11.8 Å². The van der Waals surface area contributed by atoms with E-state index in [1.807, 2.05) is 53.4 Å². The number of hydrogen-bond donors (Lipinski definition) is 1. The van der Waals surface area contributed by atoms with Crippen LogP contribution >= 0.6 is 0 Å². The fourth-order valence-corrected chi connectivity index (χ4v) is 3.94. The summed E-state index contributed by atoms with van der Waals surface area (Å²) in [6.07, 6.45) is 1.64. The number of carbonyl (C=O) groups excluding carboxylic acids is 2. The number of likely N-dealkylation sites (tertiary alicyclic amines) is 1. The van der Waals surface area contributed by atoms with Crippen LogP contribution < -0.4 is 5.32 Å². The van der Waals surface area contributed by atoms with E-state index < -0.39 is 6.04 Å². The minimum absolute atomic E-state index is 0.0153. The van der Waals surface area contributed by atoms with Crippen molar-refractivity contribution in [3.8, 4) is 0 Å². The largest absolute Gasteiger partial charge is 0.340 e. The molecule has 1 heterocycles. The van der Waals surface area contributed by atoms with Gasteiger partial charge >= 0.3 is 0 Å². The van der Waals surface area contributed by atoms with Crippen molar-refractivity contribution in [2.75, 3.05) is 13.1 Å². The average Bonchev–Trinajstić information content (AvgIpc) is 2.67. The van der Waals surface area contributed by atoms with Gasteiger partial charge in [0.05, 0.1) is 0 Å². The van der Waals surface area contributed by atoms with Gasteiger partial charge in [0.25, 0.3) is 5.91 Å². The van der Waals surface area contributed by atoms with Crippen LogP contribution in [0.25, 0.3) is 0 Å². The van der Waals surface area contributed by atoms with Gasteiger partial charge in [-0.1, -0.05) is 62.4 Å². The summed E-state index contributed by atoms with van der Waals surface area (Å²) < 4.78 is 0. The number of amides is 2. The summed E-state index contributed by atoms with van der Waals surface area (Å²) in [7, 11) is 0. The van der Waals surface area contributed by atoms with Gasteiger partial charge in [0.15, 0.2) is 0 Å². The molecule has 3 atom stereocenters. The van der Waals surface area contributed by atoms with Crippen LogP contribution in [0.15, 0.2) is 60.7 Å². The smallest absolute Gasteiger partial charge is 0.251 e. The van der Waals surface area contributed by atoms with E-state index in [2.05, 4.69) is 19.2 Å². The maximum absolute atomic E-state index is 13.3. The van der Waals surface area contributed by atoms with E-state index in [0.29, 0.717) is 23.8 Å². The van der Waals surface area contributed by atoms with Crippen molar-refractivity contribution in [1.29, 1.82) is 0 Å². The molecular weight excluding hydrogens is 336 g/mol. The van der Waals surface area contributed by atoms with Crippen LogP contribution in [-0.4, -0.2) is 35.8 Å². The standard InChI is InChI=1S/C23H28N2O2/c1-17-13-18(2)16-25(15-17)23(27)21(14-19-9-5-3-6-10-19)24-22(26)20-11-7-4-8-12-20/h3-12,17-18,21H,13-16H2,1-2H3,(H,24,26)/t17-,18+,21-/m1/s1. The highest BCUT2D eigenvalue weighted by molar-refractivity contribution is 5.97. The summed E-state index contributed by atoms with van der Waals surface area (Å²) in [6, 6.07) is 18.4. The van der Waals surface area contributed by atoms with Crippen molar-refractivity contribution < 1.29 is 9.59 Å². The first-order valence-corrected chi connectivity index (χ1v) is 9.71. The van der Waals surface area contributed by atoms with Gasteiger partial charge in [0.2, 0.25) is 5.91 Å². The molecule has 2 aromatic carbocycles. The predicted molar refractivity (Wildman–Crippen MR) is 107 cm³/mol. The van der Waals surface area contributed by atoms with Crippen LogP contribution in [0, 0.1) is 11.8 Å². The molecule has 27 heavy (non-hydrogen) atoms. The Labute approximate surface area is 161 Å². The van der Waals surface area contributed by atoms with Gasteiger partial charge in [0.1, 0.15) is 6.04 Å². The third-order valence-electron chi connectivity index (χ3n) is 5.10. The van der Waals surface area contributed by atoms with Gasteiger partial charge in [-0.25, -0.2) is 0 Å². The van der Waals surface area contributed by atoms with Crippen molar-refractivity contribution in [1.82, 2.24) is 10.2 Å². The number of nitrogens with one attached hydrogen (secondary N) is 1. The first kappa shape index (κ1) is 19.2. The molecule has 2 aromatic rings. The van der Waals surface area contributed by atoms with Gasteiger partial charge in [-0.2, -0.15) is 0 Å². The number of piperidine rings is 1. The van der Waals surface area contributed by atoms with Gasteiger partial charge in [-0.05, 0) is 36.0 Å². The van der Waals surface area contributed by atoms with Crippen molar-refractivity contribution in [3.05, 3.63) is 71.8 Å². The molecule has 0 saturated carbocycles. The minimum Gasteiger partial charge on any atom is -0.340 e. The molecule has 1 saturated heterocycles. The Balaban J connectivity index is 1.78. The van der Waals surface area contributed by atoms with E-state index in [1.54, 1.807) is 12.1 Å². The summed E-state index contributed by atoms with van der Waals surface area (Å²) in [4.78, 5) is 27.9. The van der Waals surface area contributed by atoms with Crippen molar-refractivity contribution >= 4 is 11.8 Å². The molecule has 1 N–H and O–H groups in total. The summed E-state index contributed by atoms with van der Waals surface area (Å²) in [5.41, 5.74) is 1.62. The second kappa shape index (κ2) is 8.85. The number of hydrogen-bond acceptors (Lipinski definition) is 2. The Morgan fingerprint density at radius 3 is 2.11 bits per heavy atom. The van der Waals surface area contributed by atoms with E-state index in [0.717, 1.165) is 25.1 Å². The van der Waals surface area contributed by atoms with Crippen LogP contribution in [-0.2, 0) is 11.2 Å². The molecular formula is C23H28N2O2. The summed E-state index contributed by atoms with van der Waals surface area (Å²) in [5.74, 6) is 0.782. The van der Waals surface area contributed by atoms with E-state index in [9.17, 15) is 9.59 Å². The first-order valence-electron chi connectivity index (χ1n) is 9.71. The summed E-state index contributed by atoms with van der Waals surface area (Å²) in [5, 5.41) is 2.98. The maximum Gasteiger partial charge on any atom is 0.251 e. The third kappa shape index (κ3) is 5.19. The van der Waals surface area contributed by atoms with E-state index >= 15 is 0 Å². The molecule has 1 aliphatic heterocycles. The number of benzene rings is 2. The Hall–Kier alpha value is -2.62. The molecule has 0 aromatic heterocycles. The molecule has 1 fully saturated rings. The first-order chi connectivity index (χ1) is 13.0. The molecule has 0 aliphatic carbocycles. The molecule has 142 valence electrons. The number of carbonyl (C=O) groups is 2. The number of nitrogens with zero attached hydrogens (tertiary/aromatic N) is 1. The van der Waals surface area contributed by atoms with Crippen LogP contribution in [0.4, 0.5) is 0 Å². The monoisotopic (exact) mass is 364 g/mol. The summed E-state index contributed by atoms with van der Waals surface area (Å²) >= 11 is 0. The van der Waals surface area contributed by atoms with Crippen molar-refractivity contribution in [2.45, 2.75) is 32.7 Å². The molecule has 4 heteroatoms. The normalized spacial score (nSPS) is 20.7. The lowest BCUT2D eigenvalue weighted by Crippen LogP contribution is -2.53. The van der Waals surface area contributed by atoms with E-state index in [-0.39, 0.29) is 11.8 Å². The van der Waals surface area contributed by atoms with E-state index in [1.165, 1.54) is 0 Å². The predicted octanol–water partition coefficient (Wildman–Crippen LogP) is 3.53. The Bertz CT molecular complexity index is 750. The second-order valence-corrected chi connectivity index (χ2v) is 7.77. The fourth-order valence-electron chi connectivity index (χ4n) is 3.94. The average molecular weight is 364 g/mol. The molecule has 4 nitrogen and oxygen atoms in total. The van der Waals surface area contributed by atoms with Crippen LogP contribution in [0.2, 0.25) is 0 Å². The van der Waals surface area contributed by atoms with Gasteiger partial charge < -0.3 is 10.2 Å². The van der Waals surface area contributed by atoms with Crippen LogP contribution in [0.5, 0.6) is 0 Å². The number of rotatable bonds is 5. The quantitative estimate of drug-likeness (QED) is 0.882. The van der Waals surface area contributed by atoms with Crippen LogP contribution in [0.1, 0.15) is 36.2 Å². The molecule has 2 amide bonds. The zero-order chi connectivity index (χ0) is 19.2. The highest BCUT2D eigenvalue weighted by Crippen LogP contribution is 2.22. The lowest BCUT2D eigenvalue weighted by atomic mass is 9.91. The highest BCUT2D eigenvalue weighted by atomic mass is 16.2. The highest BCUT2D eigenvalue weighted by Gasteiger charge is 2.31. The molecule has 0 bridgehead atoms. The zero-order valence-electron chi connectivity index (χ0n) is 16.1. The van der Waals surface area contributed by atoms with E-state index in [4.69, 9.17) is 0 Å². The van der Waals surface area contributed by atoms with Gasteiger partial charge in [-0.3, -0.25) is 9.59 Å². The second-order valence-electron chi connectivity index (χ2n) is 7.77. The molecule has 0 spiro atoms. The molecule has 1 aliphatic rings. The lowest BCUT2D eigenvalue weighted by molar-refractivity contribution is -0.135. The third-order valence-corrected chi connectivity index (χ3v) is 5.10. The lowest BCUT2D eigenvalue weighted by Gasteiger charge is -2.37. The maximum atomic E-state index is 13.3. The van der Waals surface area contributed by atoms with Crippen LogP contribution in [0.3, 0.4) is 0 Å². The minimum atomic E-state index is -0.558. The molecule has 3 rings (SSSR count). The molecule has 0 radical (unpaired) electrons. The fraction of sp³-hybridized carbons (Fsp3) is 0.391. The Morgan fingerprint density at radius 1 is 0.963 bits per heavy atom. The Morgan fingerprint density at radius 2 is 1.52 bits per heavy atom. The molecule has 0 unspecified atom stereocenters. The van der Waals surface area contributed by atoms with Crippen molar-refractivity contribution in [3.63, 3.8) is 0 Å². The SMILES string of the molecule is C[C@@H]1C[C@H](C)CN(C(=O)[C@@H](Cc2ccccc2)NC(=O)c2ccccc2)C1. The topological polar surface area (TPSA) is 49.4 Å². The summed E-state index contributed by atoms with van der Waals surface area (Å²) in [6.45, 7) is 5.89. The van der Waals surface area contributed by atoms with Gasteiger partial charge in [-0.15, -0.1) is 0 Å².